The highest BCUT2D eigenvalue weighted by Gasteiger charge is 2.43. The maximum absolute atomic E-state index is 13.1. The highest BCUT2D eigenvalue weighted by atomic mass is 19.4. The van der Waals surface area contributed by atoms with Gasteiger partial charge >= 0.3 is 6.18 Å². The van der Waals surface area contributed by atoms with E-state index in [9.17, 15) is 27.6 Å². The molecule has 1 saturated heterocycles. The molecule has 33 heavy (non-hydrogen) atoms. The van der Waals surface area contributed by atoms with Crippen molar-refractivity contribution in [1.29, 1.82) is 5.41 Å². The first-order valence-electron chi connectivity index (χ1n) is 11.0. The number of likely N-dealkylation sites (tertiary alicyclic amines) is 1. The highest BCUT2D eigenvalue weighted by molar-refractivity contribution is 6.44. The van der Waals surface area contributed by atoms with Crippen LogP contribution in [0.1, 0.15) is 44.1 Å². The molecule has 1 aromatic carbocycles. The van der Waals surface area contributed by atoms with Crippen molar-refractivity contribution in [1.82, 2.24) is 10.2 Å². The second kappa shape index (κ2) is 10.2. The van der Waals surface area contributed by atoms with E-state index >= 15 is 0 Å². The third kappa shape index (κ3) is 6.02. The van der Waals surface area contributed by atoms with Gasteiger partial charge in [-0.3, -0.25) is 19.8 Å². The van der Waals surface area contributed by atoms with Crippen LogP contribution in [0, 0.1) is 11.3 Å². The van der Waals surface area contributed by atoms with Gasteiger partial charge in [0.1, 0.15) is 11.8 Å². The Morgan fingerprint density at radius 1 is 1.12 bits per heavy atom. The Labute approximate surface area is 189 Å². The summed E-state index contributed by atoms with van der Waals surface area (Å²) in [6.07, 6.45) is -2.40. The van der Waals surface area contributed by atoms with Gasteiger partial charge in [-0.2, -0.15) is 13.2 Å². The summed E-state index contributed by atoms with van der Waals surface area (Å²) in [5.41, 5.74) is 5.42. The first-order valence-corrected chi connectivity index (χ1v) is 11.0. The lowest BCUT2D eigenvalue weighted by Gasteiger charge is -2.32. The quantitative estimate of drug-likeness (QED) is 0.458. The van der Waals surface area contributed by atoms with E-state index in [1.54, 1.807) is 18.2 Å². The summed E-state index contributed by atoms with van der Waals surface area (Å²) in [4.78, 5) is 38.4. The zero-order valence-electron chi connectivity index (χ0n) is 18.1. The monoisotopic (exact) mass is 467 g/mol. The fourth-order valence-corrected chi connectivity index (χ4v) is 4.51. The van der Waals surface area contributed by atoms with E-state index in [2.05, 4.69) is 10.6 Å². The number of anilines is 1. The summed E-state index contributed by atoms with van der Waals surface area (Å²) < 4.78 is 39.2. The molecule has 3 atom stereocenters. The van der Waals surface area contributed by atoms with Crippen molar-refractivity contribution >= 4 is 29.1 Å². The van der Waals surface area contributed by atoms with Crippen molar-refractivity contribution in [3.63, 3.8) is 0 Å². The number of nitrogens with zero attached hydrogens (tertiary/aromatic N) is 1. The van der Waals surface area contributed by atoms with Gasteiger partial charge in [0.15, 0.2) is 0 Å². The van der Waals surface area contributed by atoms with Crippen molar-refractivity contribution in [2.24, 2.45) is 11.7 Å². The van der Waals surface area contributed by atoms with E-state index in [0.717, 1.165) is 0 Å². The molecule has 8 nitrogen and oxygen atoms in total. The molecule has 1 aliphatic heterocycles. The summed E-state index contributed by atoms with van der Waals surface area (Å²) >= 11 is 0. The van der Waals surface area contributed by atoms with Gasteiger partial charge in [-0.25, -0.2) is 0 Å². The van der Waals surface area contributed by atoms with Crippen molar-refractivity contribution in [3.8, 4) is 0 Å². The Bertz CT molecular complexity index is 921. The Balaban J connectivity index is 1.59. The molecule has 180 valence electrons. The van der Waals surface area contributed by atoms with Gasteiger partial charge in [0.25, 0.3) is 5.91 Å². The number of carbonyl (C=O) groups is 3. The number of halogens is 3. The summed E-state index contributed by atoms with van der Waals surface area (Å²) in [5.74, 6) is -3.10. The lowest BCUT2D eigenvalue weighted by molar-refractivity contribution is -0.184. The largest absolute Gasteiger partial charge is 0.391 e. The first kappa shape index (κ1) is 24.5. The van der Waals surface area contributed by atoms with E-state index in [-0.39, 0.29) is 30.9 Å². The van der Waals surface area contributed by atoms with Crippen LogP contribution in [0.2, 0.25) is 0 Å². The number of hydrogen-bond acceptors (Lipinski definition) is 5. The predicted molar refractivity (Wildman–Crippen MR) is 116 cm³/mol. The molecule has 0 bridgehead atoms. The zero-order chi connectivity index (χ0) is 24.2. The van der Waals surface area contributed by atoms with Crippen molar-refractivity contribution in [2.45, 2.75) is 56.8 Å². The number of rotatable bonds is 7. The molecule has 11 heteroatoms. The molecule has 3 rings (SSSR count). The number of amides is 3. The van der Waals surface area contributed by atoms with Crippen LogP contribution in [0.3, 0.4) is 0 Å². The second-order valence-corrected chi connectivity index (χ2v) is 8.49. The zero-order valence-corrected chi connectivity index (χ0v) is 18.1. The number of nitrogens with one attached hydrogen (secondary N) is 3. The number of alkyl halides is 3. The van der Waals surface area contributed by atoms with E-state index in [0.29, 0.717) is 37.9 Å². The molecule has 5 N–H and O–H groups in total. The lowest BCUT2D eigenvalue weighted by atomic mass is 9.85. The van der Waals surface area contributed by atoms with Gasteiger partial charge in [-0.05, 0) is 38.2 Å². The predicted octanol–water partition coefficient (Wildman–Crippen LogP) is 2.18. The van der Waals surface area contributed by atoms with Gasteiger partial charge < -0.3 is 21.3 Å². The van der Waals surface area contributed by atoms with Crippen LogP contribution in [-0.2, 0) is 14.4 Å². The average Bonchev–Trinajstić information content (AvgIpc) is 3.27. The topological polar surface area (TPSA) is 128 Å². The molecule has 1 aliphatic carbocycles. The number of primary amides is 1. The molecule has 2 aliphatic rings. The van der Waals surface area contributed by atoms with Crippen LogP contribution in [0.15, 0.2) is 24.3 Å². The normalized spacial score (nSPS) is 23.1. The van der Waals surface area contributed by atoms with Crippen LogP contribution in [0.5, 0.6) is 0 Å². The Morgan fingerprint density at radius 3 is 2.55 bits per heavy atom. The molecule has 2 fully saturated rings. The van der Waals surface area contributed by atoms with Gasteiger partial charge in [-0.1, -0.05) is 24.6 Å². The average molecular weight is 467 g/mol. The second-order valence-electron chi connectivity index (χ2n) is 8.49. The first-order chi connectivity index (χ1) is 15.6. The molecule has 1 unspecified atom stereocenters. The minimum absolute atomic E-state index is 0.0737. The van der Waals surface area contributed by atoms with Crippen LogP contribution in [0.4, 0.5) is 18.9 Å². The fraction of sp³-hybridized carbons (Fsp3) is 0.545. The molecule has 0 spiro atoms. The van der Waals surface area contributed by atoms with E-state index in [1.165, 1.54) is 11.0 Å². The van der Waals surface area contributed by atoms with Crippen LogP contribution < -0.4 is 16.4 Å². The summed E-state index contributed by atoms with van der Waals surface area (Å²) in [5, 5.41) is 13.4. The maximum Gasteiger partial charge on any atom is 0.391 e. The summed E-state index contributed by atoms with van der Waals surface area (Å²) in [6.45, 7) is 0.194. The van der Waals surface area contributed by atoms with E-state index < -0.39 is 41.7 Å². The molecule has 1 saturated carbocycles. The van der Waals surface area contributed by atoms with Gasteiger partial charge in [0.05, 0.1) is 12.5 Å². The Morgan fingerprint density at radius 2 is 1.85 bits per heavy atom. The number of carbonyl (C=O) groups excluding carboxylic acids is 3. The van der Waals surface area contributed by atoms with Crippen LogP contribution >= 0.6 is 0 Å². The number of benzene rings is 1. The molecule has 0 radical (unpaired) electrons. The minimum atomic E-state index is -4.27. The minimum Gasteiger partial charge on any atom is -0.376 e. The standard InChI is InChI=1S/C22H28F3N5O3/c23-22(24,25)13-5-3-6-14(11-13)29-21(33)17-9-4-10-30(17)18(31)12-28-16-8-2-1-7-15(16)19(26)20(27)32/h1-2,7-8,13-14,17,26,28H,3-6,9-12H2,(H2,27,32)(H,29,33)/t13-,14?,17-/m0/s1. The van der Waals surface area contributed by atoms with Gasteiger partial charge in [-0.15, -0.1) is 0 Å². The molecule has 1 aromatic rings. The SMILES string of the molecule is N=C(C(N)=O)c1ccccc1NCC(=O)N1CCC[C@H]1C(=O)NC1CCC[C@H](C(F)(F)F)C1. The number of para-hydroxylation sites is 1. The Kier molecular flexibility index (Phi) is 7.60. The van der Waals surface area contributed by atoms with Crippen molar-refractivity contribution in [2.75, 3.05) is 18.4 Å². The number of hydrogen-bond donors (Lipinski definition) is 4. The summed E-state index contributed by atoms with van der Waals surface area (Å²) in [7, 11) is 0. The smallest absolute Gasteiger partial charge is 0.376 e. The molecular formula is C22H28F3N5O3. The maximum atomic E-state index is 13.1. The Hall–Kier alpha value is -3.11. The van der Waals surface area contributed by atoms with Crippen LogP contribution in [0.25, 0.3) is 0 Å². The number of nitrogens with two attached hydrogens (primary N) is 1. The van der Waals surface area contributed by atoms with Gasteiger partial charge in [0, 0.05) is 23.8 Å². The van der Waals surface area contributed by atoms with Crippen molar-refractivity contribution in [3.05, 3.63) is 29.8 Å². The third-order valence-electron chi connectivity index (χ3n) is 6.23. The van der Waals surface area contributed by atoms with Gasteiger partial charge in [0.2, 0.25) is 11.8 Å². The highest BCUT2D eigenvalue weighted by Crippen LogP contribution is 2.37. The summed E-state index contributed by atoms with van der Waals surface area (Å²) in [6, 6.07) is 5.16. The van der Waals surface area contributed by atoms with Crippen molar-refractivity contribution < 1.29 is 27.6 Å². The molecule has 1 heterocycles. The molecular weight excluding hydrogens is 439 g/mol. The lowest BCUT2D eigenvalue weighted by Crippen LogP contribution is -2.51. The van der Waals surface area contributed by atoms with E-state index in [1.807, 2.05) is 0 Å². The molecule has 0 aromatic heterocycles. The third-order valence-corrected chi connectivity index (χ3v) is 6.23. The van der Waals surface area contributed by atoms with E-state index in [4.69, 9.17) is 11.1 Å². The fourth-order valence-electron chi connectivity index (χ4n) is 4.51. The molecule has 3 amide bonds. The van der Waals surface area contributed by atoms with Crippen LogP contribution in [-0.4, -0.2) is 59.7 Å².